The first-order chi connectivity index (χ1) is 11.2. The molecule has 4 heteroatoms. The highest BCUT2D eigenvalue weighted by Crippen LogP contribution is 2.38. The predicted molar refractivity (Wildman–Crippen MR) is 93.2 cm³/mol. The third-order valence-corrected chi connectivity index (χ3v) is 5.26. The molecule has 1 aromatic heterocycles. The first kappa shape index (κ1) is 14.5. The Kier molecular flexibility index (Phi) is 3.49. The molecule has 2 atom stereocenters. The summed E-state index contributed by atoms with van der Waals surface area (Å²) in [5, 5.41) is 4.93. The van der Waals surface area contributed by atoms with Gasteiger partial charge in [-0.25, -0.2) is 0 Å². The van der Waals surface area contributed by atoms with E-state index < -0.39 is 0 Å². The smallest absolute Gasteiger partial charge is 0.230 e. The van der Waals surface area contributed by atoms with Gasteiger partial charge in [0.2, 0.25) is 5.91 Å². The monoisotopic (exact) mass is 309 g/mol. The fourth-order valence-corrected chi connectivity index (χ4v) is 4.04. The number of aromatic amines is 1. The minimum absolute atomic E-state index is 0.0584. The molecule has 1 amide bonds. The number of benzene rings is 1. The van der Waals surface area contributed by atoms with Crippen LogP contribution in [-0.4, -0.2) is 41.5 Å². The Morgan fingerprint density at radius 1 is 1.30 bits per heavy atom. The average Bonchev–Trinajstić information content (AvgIpc) is 3.00. The number of nitrogens with one attached hydrogen (secondary N) is 2. The lowest BCUT2D eigenvalue weighted by Gasteiger charge is -2.34. The zero-order chi connectivity index (χ0) is 16.0. The molecule has 2 heterocycles. The second-order valence-corrected chi connectivity index (χ2v) is 6.45. The third-order valence-electron chi connectivity index (χ3n) is 5.26. The number of amides is 1. The molecule has 1 aromatic carbocycles. The Morgan fingerprint density at radius 2 is 2.13 bits per heavy atom. The molecule has 1 aliphatic carbocycles. The minimum Gasteiger partial charge on any atom is -0.361 e. The van der Waals surface area contributed by atoms with Gasteiger partial charge in [-0.05, 0) is 43.0 Å². The van der Waals surface area contributed by atoms with E-state index in [4.69, 9.17) is 0 Å². The maximum atomic E-state index is 12.7. The SMILES string of the molecule is CCN(CC)C(=O)C1C=C2c3cccc4[nH]cc(c34)C[C@H]2NC1. The van der Waals surface area contributed by atoms with E-state index in [1.807, 2.05) is 18.7 Å². The van der Waals surface area contributed by atoms with Crippen molar-refractivity contribution in [1.29, 1.82) is 0 Å². The van der Waals surface area contributed by atoms with E-state index in [0.29, 0.717) is 6.04 Å². The highest BCUT2D eigenvalue weighted by molar-refractivity contribution is 5.99. The Morgan fingerprint density at radius 3 is 2.91 bits per heavy atom. The maximum absolute atomic E-state index is 12.7. The van der Waals surface area contributed by atoms with Crippen LogP contribution in [-0.2, 0) is 11.2 Å². The van der Waals surface area contributed by atoms with Crippen LogP contribution in [0.4, 0.5) is 0 Å². The number of nitrogens with zero attached hydrogens (tertiary/aromatic N) is 1. The van der Waals surface area contributed by atoms with Crippen LogP contribution in [0.5, 0.6) is 0 Å². The van der Waals surface area contributed by atoms with Crippen LogP contribution in [0.1, 0.15) is 25.0 Å². The van der Waals surface area contributed by atoms with Crippen molar-refractivity contribution >= 4 is 22.4 Å². The van der Waals surface area contributed by atoms with Crippen LogP contribution in [0, 0.1) is 5.92 Å². The number of carbonyl (C=O) groups excluding carboxylic acids is 1. The molecule has 0 fully saturated rings. The average molecular weight is 309 g/mol. The van der Waals surface area contributed by atoms with E-state index in [1.165, 1.54) is 27.6 Å². The largest absolute Gasteiger partial charge is 0.361 e. The zero-order valence-corrected chi connectivity index (χ0v) is 13.7. The summed E-state index contributed by atoms with van der Waals surface area (Å²) in [6.07, 6.45) is 5.33. The van der Waals surface area contributed by atoms with Crippen LogP contribution >= 0.6 is 0 Å². The number of aromatic nitrogens is 1. The van der Waals surface area contributed by atoms with Gasteiger partial charge in [0.25, 0.3) is 0 Å². The van der Waals surface area contributed by atoms with Gasteiger partial charge in [0.15, 0.2) is 0 Å². The molecular weight excluding hydrogens is 286 g/mol. The maximum Gasteiger partial charge on any atom is 0.230 e. The van der Waals surface area contributed by atoms with Crippen LogP contribution in [0.2, 0.25) is 0 Å². The second-order valence-electron chi connectivity index (χ2n) is 6.45. The van der Waals surface area contributed by atoms with Gasteiger partial charge in [-0.15, -0.1) is 0 Å². The van der Waals surface area contributed by atoms with E-state index >= 15 is 0 Å². The molecule has 0 radical (unpaired) electrons. The van der Waals surface area contributed by atoms with Crippen molar-refractivity contribution in [2.45, 2.75) is 26.3 Å². The molecule has 1 aliphatic heterocycles. The van der Waals surface area contributed by atoms with Crippen molar-refractivity contribution in [2.75, 3.05) is 19.6 Å². The van der Waals surface area contributed by atoms with Crippen molar-refractivity contribution in [3.63, 3.8) is 0 Å². The fourth-order valence-electron chi connectivity index (χ4n) is 4.04. The lowest BCUT2D eigenvalue weighted by atomic mass is 9.80. The van der Waals surface area contributed by atoms with Crippen molar-refractivity contribution in [3.05, 3.63) is 41.6 Å². The van der Waals surface area contributed by atoms with Crippen molar-refractivity contribution in [3.8, 4) is 0 Å². The van der Waals surface area contributed by atoms with Crippen molar-refractivity contribution in [1.82, 2.24) is 15.2 Å². The summed E-state index contributed by atoms with van der Waals surface area (Å²) >= 11 is 0. The summed E-state index contributed by atoms with van der Waals surface area (Å²) in [6.45, 7) is 6.37. The van der Waals surface area contributed by atoms with Crippen molar-refractivity contribution < 1.29 is 4.79 Å². The number of rotatable bonds is 3. The summed E-state index contributed by atoms with van der Waals surface area (Å²) in [4.78, 5) is 18.0. The van der Waals surface area contributed by atoms with Gasteiger partial charge >= 0.3 is 0 Å². The third kappa shape index (κ3) is 2.20. The van der Waals surface area contributed by atoms with E-state index in [9.17, 15) is 4.79 Å². The predicted octanol–water partition coefficient (Wildman–Crippen LogP) is 2.56. The molecule has 4 rings (SSSR count). The van der Waals surface area contributed by atoms with E-state index in [1.54, 1.807) is 0 Å². The molecule has 2 N–H and O–H groups in total. The first-order valence-electron chi connectivity index (χ1n) is 8.56. The first-order valence-corrected chi connectivity index (χ1v) is 8.56. The Balaban J connectivity index is 1.76. The topological polar surface area (TPSA) is 48.1 Å². The van der Waals surface area contributed by atoms with Crippen LogP contribution in [0.25, 0.3) is 16.5 Å². The van der Waals surface area contributed by atoms with Gasteiger partial charge in [0.1, 0.15) is 0 Å². The van der Waals surface area contributed by atoms with Gasteiger partial charge in [0.05, 0.1) is 5.92 Å². The van der Waals surface area contributed by atoms with Crippen LogP contribution < -0.4 is 5.32 Å². The number of H-pyrrole nitrogens is 1. The van der Waals surface area contributed by atoms with Crippen molar-refractivity contribution in [2.24, 2.45) is 5.92 Å². The van der Waals surface area contributed by atoms with Crippen LogP contribution in [0.3, 0.4) is 0 Å². The van der Waals surface area contributed by atoms with Gasteiger partial charge in [-0.3, -0.25) is 4.79 Å². The molecule has 0 bridgehead atoms. The zero-order valence-electron chi connectivity index (χ0n) is 13.7. The lowest BCUT2D eigenvalue weighted by molar-refractivity contribution is -0.133. The number of hydrogen-bond donors (Lipinski definition) is 2. The summed E-state index contributed by atoms with van der Waals surface area (Å²) < 4.78 is 0. The molecule has 4 nitrogen and oxygen atoms in total. The summed E-state index contributed by atoms with van der Waals surface area (Å²) in [5.74, 6) is 0.178. The molecule has 2 aliphatic rings. The molecule has 120 valence electrons. The molecule has 23 heavy (non-hydrogen) atoms. The van der Waals surface area contributed by atoms with Gasteiger partial charge in [0, 0.05) is 42.8 Å². The highest BCUT2D eigenvalue weighted by atomic mass is 16.2. The highest BCUT2D eigenvalue weighted by Gasteiger charge is 2.33. The molecule has 0 saturated heterocycles. The minimum atomic E-state index is -0.0584. The second kappa shape index (κ2) is 5.53. The quantitative estimate of drug-likeness (QED) is 0.915. The molecule has 1 unspecified atom stereocenters. The molecule has 0 saturated carbocycles. The molecular formula is C19H23N3O. The molecule has 2 aromatic rings. The Hall–Kier alpha value is -2.07. The number of fused-ring (bicyclic) bond motifs is 2. The number of carbonyl (C=O) groups is 1. The molecule has 0 spiro atoms. The van der Waals surface area contributed by atoms with E-state index in [-0.39, 0.29) is 11.8 Å². The summed E-state index contributed by atoms with van der Waals surface area (Å²) in [6, 6.07) is 6.73. The normalized spacial score (nSPS) is 22.6. The summed E-state index contributed by atoms with van der Waals surface area (Å²) in [5.41, 5.74) is 5.13. The fraction of sp³-hybridized carbons (Fsp3) is 0.421. The lowest BCUT2D eigenvalue weighted by Crippen LogP contribution is -2.46. The Bertz CT molecular complexity index is 785. The standard InChI is InChI=1S/C19H23N3O/c1-3-22(4-2)19(23)13-8-15-14-6-5-7-16-18(14)12(10-20-16)9-17(15)21-11-13/h5-8,10,13,17,20-21H,3-4,9,11H2,1-2H3/t13?,17-/m1/s1. The van der Waals surface area contributed by atoms with E-state index in [2.05, 4.69) is 40.8 Å². The van der Waals surface area contributed by atoms with Gasteiger partial charge in [-0.1, -0.05) is 18.2 Å². The van der Waals surface area contributed by atoms with Gasteiger partial charge in [-0.2, -0.15) is 0 Å². The van der Waals surface area contributed by atoms with Crippen LogP contribution in [0.15, 0.2) is 30.5 Å². The summed E-state index contributed by atoms with van der Waals surface area (Å²) in [7, 11) is 0. The van der Waals surface area contributed by atoms with Gasteiger partial charge < -0.3 is 15.2 Å². The Labute approximate surface area is 136 Å². The number of hydrogen-bond acceptors (Lipinski definition) is 2. The van der Waals surface area contributed by atoms with E-state index in [0.717, 1.165) is 26.1 Å².